The summed E-state index contributed by atoms with van der Waals surface area (Å²) in [5.74, 6) is -0.114. The Kier molecular flexibility index (Phi) is 5.57. The van der Waals surface area contributed by atoms with Gasteiger partial charge < -0.3 is 15.4 Å². The summed E-state index contributed by atoms with van der Waals surface area (Å²) in [5, 5.41) is 8.59. The van der Waals surface area contributed by atoms with E-state index in [-0.39, 0.29) is 5.91 Å². The smallest absolute Gasteiger partial charge is 0.411 e. The van der Waals surface area contributed by atoms with Gasteiger partial charge in [0.25, 0.3) is 0 Å². The van der Waals surface area contributed by atoms with E-state index in [9.17, 15) is 9.59 Å². The molecule has 0 aliphatic heterocycles. The Balaban J connectivity index is 2.00. The minimum atomic E-state index is -0.476. The lowest BCUT2D eigenvalue weighted by Gasteiger charge is -2.10. The quantitative estimate of drug-likeness (QED) is 0.780. The van der Waals surface area contributed by atoms with Crippen LogP contribution in [-0.4, -0.2) is 18.6 Å². The fraction of sp³-hybridized carbons (Fsp3) is 0.176. The van der Waals surface area contributed by atoms with Crippen molar-refractivity contribution in [3.8, 4) is 0 Å². The van der Waals surface area contributed by atoms with Gasteiger partial charge in [-0.25, -0.2) is 4.79 Å². The molecule has 2 aromatic rings. The van der Waals surface area contributed by atoms with Gasteiger partial charge in [-0.3, -0.25) is 10.1 Å². The molecule has 6 heteroatoms. The van der Waals surface area contributed by atoms with Crippen LogP contribution in [0, 0.1) is 0 Å². The number of ether oxygens (including phenoxy) is 1. The molecule has 2 amide bonds. The molecule has 120 valence electrons. The lowest BCUT2D eigenvalue weighted by atomic mass is 10.2. The van der Waals surface area contributed by atoms with Crippen molar-refractivity contribution in [1.29, 1.82) is 0 Å². The number of carbonyl (C=O) groups excluding carboxylic acids is 2. The van der Waals surface area contributed by atoms with Crippen LogP contribution in [-0.2, 0) is 9.53 Å². The number of benzene rings is 2. The third-order valence-electron chi connectivity index (χ3n) is 2.88. The largest absolute Gasteiger partial charge is 0.450 e. The lowest BCUT2D eigenvalue weighted by Crippen LogP contribution is -2.13. The number of rotatable bonds is 5. The van der Waals surface area contributed by atoms with Gasteiger partial charge in [0.2, 0.25) is 5.91 Å². The average molecular weight is 313 g/mol. The van der Waals surface area contributed by atoms with Gasteiger partial charge in [0, 0.05) is 29.7 Å². The number of anilines is 4. The second kappa shape index (κ2) is 7.84. The molecule has 0 aliphatic carbocycles. The first-order valence-electron chi connectivity index (χ1n) is 7.25. The van der Waals surface area contributed by atoms with E-state index >= 15 is 0 Å². The molecule has 6 nitrogen and oxygen atoms in total. The van der Waals surface area contributed by atoms with Gasteiger partial charge in [-0.15, -0.1) is 0 Å². The Morgan fingerprint density at radius 3 is 2.22 bits per heavy atom. The van der Waals surface area contributed by atoms with Crippen LogP contribution in [0.5, 0.6) is 0 Å². The Morgan fingerprint density at radius 1 is 0.913 bits per heavy atom. The van der Waals surface area contributed by atoms with Crippen molar-refractivity contribution in [3.05, 3.63) is 48.5 Å². The van der Waals surface area contributed by atoms with Crippen molar-refractivity contribution < 1.29 is 14.3 Å². The fourth-order valence-corrected chi connectivity index (χ4v) is 1.97. The zero-order valence-electron chi connectivity index (χ0n) is 13.1. The normalized spacial score (nSPS) is 9.83. The molecule has 3 N–H and O–H groups in total. The average Bonchev–Trinajstić information content (AvgIpc) is 2.49. The summed E-state index contributed by atoms with van der Waals surface area (Å²) >= 11 is 0. The topological polar surface area (TPSA) is 79.5 Å². The van der Waals surface area contributed by atoms with E-state index in [1.54, 1.807) is 19.1 Å². The molecule has 2 rings (SSSR count). The molecule has 0 aromatic heterocycles. The van der Waals surface area contributed by atoms with Crippen LogP contribution in [0.1, 0.15) is 13.8 Å². The maximum absolute atomic E-state index is 11.3. The highest BCUT2D eigenvalue weighted by Crippen LogP contribution is 2.21. The third kappa shape index (κ3) is 5.35. The van der Waals surface area contributed by atoms with E-state index in [1.807, 2.05) is 36.4 Å². The van der Waals surface area contributed by atoms with Crippen LogP contribution >= 0.6 is 0 Å². The SMILES string of the molecule is CCOC(=O)Nc1ccc(Nc2cccc(NC(C)=O)c2)cc1. The van der Waals surface area contributed by atoms with Gasteiger partial charge in [0.1, 0.15) is 0 Å². The molecule has 23 heavy (non-hydrogen) atoms. The Hall–Kier alpha value is -3.02. The van der Waals surface area contributed by atoms with Crippen molar-refractivity contribution in [3.63, 3.8) is 0 Å². The zero-order valence-corrected chi connectivity index (χ0v) is 13.1. The van der Waals surface area contributed by atoms with Crippen LogP contribution in [0.25, 0.3) is 0 Å². The number of hydrogen-bond acceptors (Lipinski definition) is 4. The van der Waals surface area contributed by atoms with Crippen LogP contribution in [0.4, 0.5) is 27.5 Å². The molecular formula is C17H19N3O3. The van der Waals surface area contributed by atoms with Gasteiger partial charge >= 0.3 is 6.09 Å². The summed E-state index contributed by atoms with van der Waals surface area (Å²) in [6, 6.07) is 14.6. The number of hydrogen-bond donors (Lipinski definition) is 3. The number of carbonyl (C=O) groups is 2. The molecule has 0 spiro atoms. The van der Waals surface area contributed by atoms with Crippen molar-refractivity contribution in [1.82, 2.24) is 0 Å². The molecule has 0 atom stereocenters. The van der Waals surface area contributed by atoms with E-state index in [0.717, 1.165) is 17.1 Å². The first-order valence-corrected chi connectivity index (χ1v) is 7.25. The van der Waals surface area contributed by atoms with Crippen LogP contribution in [0.15, 0.2) is 48.5 Å². The molecular weight excluding hydrogens is 294 g/mol. The van der Waals surface area contributed by atoms with Gasteiger partial charge in [-0.1, -0.05) is 6.07 Å². The van der Waals surface area contributed by atoms with Gasteiger partial charge in [-0.2, -0.15) is 0 Å². The Morgan fingerprint density at radius 2 is 1.57 bits per heavy atom. The predicted molar refractivity (Wildman–Crippen MR) is 91.1 cm³/mol. The van der Waals surface area contributed by atoms with Gasteiger partial charge in [0.15, 0.2) is 0 Å². The zero-order chi connectivity index (χ0) is 16.7. The summed E-state index contributed by atoms with van der Waals surface area (Å²) in [6.07, 6.45) is -0.476. The summed E-state index contributed by atoms with van der Waals surface area (Å²) in [7, 11) is 0. The maximum atomic E-state index is 11.3. The summed E-state index contributed by atoms with van der Waals surface area (Å²) in [6.45, 7) is 3.55. The standard InChI is InChI=1S/C17H19N3O3/c1-3-23-17(22)20-14-9-7-13(8-10-14)19-16-6-4-5-15(11-16)18-12(2)21/h4-11,19H,3H2,1-2H3,(H,18,21)(H,20,22). The second-order valence-electron chi connectivity index (χ2n) is 4.81. The molecule has 0 saturated heterocycles. The second-order valence-corrected chi connectivity index (χ2v) is 4.81. The van der Waals surface area contributed by atoms with Crippen molar-refractivity contribution in [2.24, 2.45) is 0 Å². The summed E-state index contributed by atoms with van der Waals surface area (Å²) in [5.41, 5.74) is 3.09. The van der Waals surface area contributed by atoms with Crippen LogP contribution < -0.4 is 16.0 Å². The lowest BCUT2D eigenvalue weighted by molar-refractivity contribution is -0.114. The van der Waals surface area contributed by atoms with Crippen molar-refractivity contribution in [2.45, 2.75) is 13.8 Å². The molecule has 0 aliphatic rings. The highest BCUT2D eigenvalue weighted by atomic mass is 16.5. The highest BCUT2D eigenvalue weighted by Gasteiger charge is 2.02. The first kappa shape index (κ1) is 16.4. The fourth-order valence-electron chi connectivity index (χ4n) is 1.97. The monoisotopic (exact) mass is 313 g/mol. The van der Waals surface area contributed by atoms with E-state index < -0.39 is 6.09 Å². The van der Waals surface area contributed by atoms with Crippen molar-refractivity contribution >= 4 is 34.7 Å². The van der Waals surface area contributed by atoms with E-state index in [4.69, 9.17) is 4.74 Å². The minimum Gasteiger partial charge on any atom is -0.450 e. The van der Waals surface area contributed by atoms with E-state index in [2.05, 4.69) is 16.0 Å². The minimum absolute atomic E-state index is 0.114. The van der Waals surface area contributed by atoms with Gasteiger partial charge in [-0.05, 0) is 49.4 Å². The molecule has 2 aromatic carbocycles. The number of amides is 2. The van der Waals surface area contributed by atoms with Crippen molar-refractivity contribution in [2.75, 3.05) is 22.6 Å². The maximum Gasteiger partial charge on any atom is 0.411 e. The third-order valence-corrected chi connectivity index (χ3v) is 2.88. The molecule has 0 saturated carbocycles. The van der Waals surface area contributed by atoms with E-state index in [1.165, 1.54) is 6.92 Å². The molecule has 0 heterocycles. The predicted octanol–water partition coefficient (Wildman–Crippen LogP) is 3.96. The molecule has 0 radical (unpaired) electrons. The molecule has 0 bridgehead atoms. The van der Waals surface area contributed by atoms with Gasteiger partial charge in [0.05, 0.1) is 6.61 Å². The summed E-state index contributed by atoms with van der Waals surface area (Å²) in [4.78, 5) is 22.4. The first-order chi connectivity index (χ1) is 11.1. The molecule has 0 unspecified atom stereocenters. The Labute approximate surface area is 134 Å². The van der Waals surface area contributed by atoms with Crippen LogP contribution in [0.2, 0.25) is 0 Å². The van der Waals surface area contributed by atoms with E-state index in [0.29, 0.717) is 12.3 Å². The Bertz CT molecular complexity index is 684. The summed E-state index contributed by atoms with van der Waals surface area (Å²) < 4.78 is 4.82. The highest BCUT2D eigenvalue weighted by molar-refractivity contribution is 5.89. The number of nitrogens with one attached hydrogen (secondary N) is 3. The molecule has 0 fully saturated rings. The van der Waals surface area contributed by atoms with Crippen LogP contribution in [0.3, 0.4) is 0 Å².